The van der Waals surface area contributed by atoms with E-state index in [0.29, 0.717) is 17.9 Å². The van der Waals surface area contributed by atoms with Crippen molar-refractivity contribution in [1.29, 1.82) is 0 Å². The molecule has 182 valence electrons. The van der Waals surface area contributed by atoms with Gasteiger partial charge in [-0.1, -0.05) is 19.1 Å². The summed E-state index contributed by atoms with van der Waals surface area (Å²) in [4.78, 5) is 30.6. The summed E-state index contributed by atoms with van der Waals surface area (Å²) in [6, 6.07) is 15.7. The van der Waals surface area contributed by atoms with E-state index in [9.17, 15) is 4.79 Å². The molecule has 1 N–H and O–H groups in total. The third-order valence-electron chi connectivity index (χ3n) is 6.33. The SMILES string of the molecule is CCc1nn(Cc2cccc(C)n2)c2cccc(NC(=O)c3cnc4cc(-c5cncnc5)ccn34)c12. The average Bonchev–Trinajstić information content (AvgIpc) is 3.51. The maximum Gasteiger partial charge on any atom is 0.274 e. The van der Waals surface area contributed by atoms with Crippen molar-refractivity contribution in [3.8, 4) is 11.1 Å². The first kappa shape index (κ1) is 22.5. The highest BCUT2D eigenvalue weighted by atomic mass is 16.2. The first-order valence-corrected chi connectivity index (χ1v) is 12.1. The highest BCUT2D eigenvalue weighted by molar-refractivity contribution is 6.08. The van der Waals surface area contributed by atoms with E-state index in [1.165, 1.54) is 6.33 Å². The maximum absolute atomic E-state index is 13.4. The van der Waals surface area contributed by atoms with E-state index >= 15 is 0 Å². The molecule has 5 aromatic heterocycles. The van der Waals surface area contributed by atoms with Crippen molar-refractivity contribution in [3.05, 3.63) is 102 Å². The lowest BCUT2D eigenvalue weighted by Crippen LogP contribution is -2.14. The molecule has 0 aliphatic rings. The first-order valence-electron chi connectivity index (χ1n) is 12.1. The van der Waals surface area contributed by atoms with Crippen LogP contribution in [0.3, 0.4) is 0 Å². The van der Waals surface area contributed by atoms with Crippen LogP contribution in [0.2, 0.25) is 0 Å². The van der Waals surface area contributed by atoms with E-state index in [-0.39, 0.29) is 5.91 Å². The lowest BCUT2D eigenvalue weighted by atomic mass is 10.1. The van der Waals surface area contributed by atoms with Crippen LogP contribution in [0.25, 0.3) is 27.7 Å². The fourth-order valence-corrected chi connectivity index (χ4v) is 4.58. The first-order chi connectivity index (χ1) is 18.1. The number of hydrogen-bond acceptors (Lipinski definition) is 6. The number of pyridine rings is 2. The van der Waals surface area contributed by atoms with Gasteiger partial charge in [0.15, 0.2) is 0 Å². The maximum atomic E-state index is 13.4. The number of rotatable bonds is 6. The Hall–Kier alpha value is -4.92. The number of carbonyl (C=O) groups is 1. The predicted molar refractivity (Wildman–Crippen MR) is 141 cm³/mol. The van der Waals surface area contributed by atoms with Gasteiger partial charge in [-0.2, -0.15) is 5.10 Å². The Morgan fingerprint density at radius 3 is 2.65 bits per heavy atom. The van der Waals surface area contributed by atoms with E-state index in [0.717, 1.165) is 51.2 Å². The Morgan fingerprint density at radius 1 is 1.00 bits per heavy atom. The van der Waals surface area contributed by atoms with Gasteiger partial charge in [-0.15, -0.1) is 0 Å². The van der Waals surface area contributed by atoms with E-state index in [1.54, 1.807) is 23.0 Å². The number of anilines is 1. The van der Waals surface area contributed by atoms with Gasteiger partial charge in [-0.05, 0) is 55.3 Å². The van der Waals surface area contributed by atoms with Gasteiger partial charge in [0.05, 0.1) is 35.3 Å². The fraction of sp³-hybridized carbons (Fsp3) is 0.143. The second-order valence-electron chi connectivity index (χ2n) is 8.80. The molecule has 5 heterocycles. The van der Waals surface area contributed by atoms with Gasteiger partial charge >= 0.3 is 0 Å². The molecule has 0 saturated carbocycles. The summed E-state index contributed by atoms with van der Waals surface area (Å²) in [5.41, 5.74) is 7.42. The van der Waals surface area contributed by atoms with Crippen LogP contribution >= 0.6 is 0 Å². The van der Waals surface area contributed by atoms with Gasteiger partial charge in [0.1, 0.15) is 17.7 Å². The Balaban J connectivity index is 1.33. The number of fused-ring (bicyclic) bond motifs is 2. The zero-order valence-electron chi connectivity index (χ0n) is 20.5. The van der Waals surface area contributed by atoms with Crippen molar-refractivity contribution >= 4 is 28.1 Å². The topological polar surface area (TPSA) is 103 Å². The summed E-state index contributed by atoms with van der Waals surface area (Å²) >= 11 is 0. The minimum absolute atomic E-state index is 0.244. The molecule has 0 aliphatic carbocycles. The van der Waals surface area contributed by atoms with Gasteiger partial charge in [-0.3, -0.25) is 18.9 Å². The molecule has 0 aliphatic heterocycles. The lowest BCUT2D eigenvalue weighted by molar-refractivity contribution is 0.102. The van der Waals surface area contributed by atoms with Crippen LogP contribution < -0.4 is 5.32 Å². The summed E-state index contributed by atoms with van der Waals surface area (Å²) in [6.07, 6.45) is 9.15. The molecule has 0 fully saturated rings. The molecule has 0 bridgehead atoms. The van der Waals surface area contributed by atoms with Gasteiger partial charge < -0.3 is 5.32 Å². The monoisotopic (exact) mass is 488 g/mol. The number of aromatic nitrogens is 7. The van der Waals surface area contributed by atoms with Gasteiger partial charge in [-0.25, -0.2) is 15.0 Å². The second kappa shape index (κ2) is 9.27. The highest BCUT2D eigenvalue weighted by Gasteiger charge is 2.18. The second-order valence-corrected chi connectivity index (χ2v) is 8.80. The van der Waals surface area contributed by atoms with E-state index in [1.807, 2.05) is 66.3 Å². The summed E-state index contributed by atoms with van der Waals surface area (Å²) in [6.45, 7) is 4.60. The molecule has 9 nitrogen and oxygen atoms in total. The number of nitrogens with one attached hydrogen (secondary N) is 1. The van der Waals surface area contributed by atoms with Crippen molar-refractivity contribution in [1.82, 2.24) is 34.1 Å². The molecule has 6 rings (SSSR count). The number of aryl methyl sites for hydroxylation is 2. The van der Waals surface area contributed by atoms with Gasteiger partial charge in [0.2, 0.25) is 0 Å². The Bertz CT molecular complexity index is 1750. The molecule has 0 spiro atoms. The number of carbonyl (C=O) groups excluding carboxylic acids is 1. The number of hydrogen-bond donors (Lipinski definition) is 1. The normalized spacial score (nSPS) is 11.3. The summed E-state index contributed by atoms with van der Waals surface area (Å²) < 4.78 is 3.73. The largest absolute Gasteiger partial charge is 0.320 e. The lowest BCUT2D eigenvalue weighted by Gasteiger charge is -2.09. The Kier molecular flexibility index (Phi) is 5.65. The van der Waals surface area contributed by atoms with Crippen LogP contribution in [0.15, 0.2) is 79.6 Å². The van der Waals surface area contributed by atoms with Crippen molar-refractivity contribution in [2.45, 2.75) is 26.8 Å². The van der Waals surface area contributed by atoms with E-state index in [2.05, 4.69) is 32.2 Å². The van der Waals surface area contributed by atoms with Crippen LogP contribution in [-0.2, 0) is 13.0 Å². The number of nitrogens with zero attached hydrogens (tertiary/aromatic N) is 7. The van der Waals surface area contributed by atoms with Crippen molar-refractivity contribution in [2.75, 3.05) is 5.32 Å². The summed E-state index contributed by atoms with van der Waals surface area (Å²) in [7, 11) is 0. The molecule has 37 heavy (non-hydrogen) atoms. The molecule has 0 atom stereocenters. The minimum Gasteiger partial charge on any atom is -0.320 e. The van der Waals surface area contributed by atoms with Crippen molar-refractivity contribution in [3.63, 3.8) is 0 Å². The molecule has 9 heteroatoms. The third-order valence-corrected chi connectivity index (χ3v) is 6.33. The standard InChI is InChI=1S/C28H24N8O/c1-3-22-27-23(8-5-9-24(27)36(34-22)16-21-7-4-6-18(2)32-21)33-28(37)25-15-31-26-12-19(10-11-35(25)26)20-13-29-17-30-14-20/h4-15,17H,3,16H2,1-2H3,(H,33,37). The van der Waals surface area contributed by atoms with Crippen LogP contribution in [-0.4, -0.2) is 40.0 Å². The van der Waals surface area contributed by atoms with E-state index in [4.69, 9.17) is 5.10 Å². The molecule has 1 aromatic carbocycles. The van der Waals surface area contributed by atoms with Gasteiger partial charge in [0.25, 0.3) is 5.91 Å². The number of amides is 1. The van der Waals surface area contributed by atoms with Crippen molar-refractivity contribution < 1.29 is 4.79 Å². The molecule has 0 unspecified atom stereocenters. The zero-order chi connectivity index (χ0) is 25.4. The number of benzene rings is 1. The van der Waals surface area contributed by atoms with Crippen LogP contribution in [0.5, 0.6) is 0 Å². The Labute approximate surface area is 212 Å². The van der Waals surface area contributed by atoms with Crippen molar-refractivity contribution in [2.24, 2.45) is 0 Å². The smallest absolute Gasteiger partial charge is 0.274 e. The third kappa shape index (κ3) is 4.20. The zero-order valence-corrected chi connectivity index (χ0v) is 20.5. The quantitative estimate of drug-likeness (QED) is 0.364. The van der Waals surface area contributed by atoms with E-state index < -0.39 is 0 Å². The molecule has 1 amide bonds. The van der Waals surface area contributed by atoms with Gasteiger partial charge in [0, 0.05) is 35.2 Å². The number of imidazole rings is 1. The summed E-state index contributed by atoms with van der Waals surface area (Å²) in [5.74, 6) is -0.244. The molecular formula is C28H24N8O. The highest BCUT2D eigenvalue weighted by Crippen LogP contribution is 2.29. The molecule has 6 aromatic rings. The predicted octanol–water partition coefficient (Wildman–Crippen LogP) is 4.71. The van der Waals surface area contributed by atoms with Crippen LogP contribution in [0.1, 0.15) is 34.5 Å². The minimum atomic E-state index is -0.244. The fourth-order valence-electron chi connectivity index (χ4n) is 4.58. The average molecular weight is 489 g/mol. The van der Waals surface area contributed by atoms with Crippen LogP contribution in [0, 0.1) is 6.92 Å². The molecule has 0 radical (unpaired) electrons. The summed E-state index contributed by atoms with van der Waals surface area (Å²) in [5, 5.41) is 8.88. The molecular weight excluding hydrogens is 464 g/mol. The Morgan fingerprint density at radius 2 is 1.84 bits per heavy atom. The molecule has 0 saturated heterocycles. The van der Waals surface area contributed by atoms with Crippen LogP contribution in [0.4, 0.5) is 5.69 Å².